The van der Waals surface area contributed by atoms with Crippen molar-refractivity contribution >= 4 is 39.3 Å². The minimum atomic E-state index is -0.387. The lowest BCUT2D eigenvalue weighted by atomic mass is 10.1. The van der Waals surface area contributed by atoms with Crippen LogP contribution in [0.1, 0.15) is 36.8 Å². The number of carbonyl (C=O) groups is 3. The molecular formula is C21H17BrN4O3. The highest BCUT2D eigenvalue weighted by Crippen LogP contribution is 2.29. The van der Waals surface area contributed by atoms with Gasteiger partial charge in [0.15, 0.2) is 0 Å². The van der Waals surface area contributed by atoms with Crippen LogP contribution < -0.4 is 4.90 Å². The maximum Gasteiger partial charge on any atom is 0.266 e. The summed E-state index contributed by atoms with van der Waals surface area (Å²) in [5.41, 5.74) is 2.36. The van der Waals surface area contributed by atoms with Crippen LogP contribution in [0.15, 0.2) is 59.2 Å². The standard InChI is InChI=1S/C21H17BrN4O3/c1-24(12-18-17(22)11-23-25(18)2)19(27)13-6-5-7-14(10-13)26-20(28)15-8-3-4-9-16(15)21(26)29/h3-11H,12H2,1-2H3. The molecule has 1 aliphatic rings. The molecule has 0 unspecified atom stereocenters. The lowest BCUT2D eigenvalue weighted by Gasteiger charge is -2.19. The number of aromatic nitrogens is 2. The van der Waals surface area contributed by atoms with Crippen molar-refractivity contribution in [3.8, 4) is 0 Å². The summed E-state index contributed by atoms with van der Waals surface area (Å²) in [6, 6.07) is 13.2. The number of fused-ring (bicyclic) bond motifs is 1. The van der Waals surface area contributed by atoms with Gasteiger partial charge >= 0.3 is 0 Å². The van der Waals surface area contributed by atoms with Gasteiger partial charge in [0.05, 0.1) is 39.7 Å². The molecule has 7 nitrogen and oxygen atoms in total. The number of aryl methyl sites for hydroxylation is 1. The third kappa shape index (κ3) is 3.25. The van der Waals surface area contributed by atoms with Gasteiger partial charge in [-0.2, -0.15) is 5.10 Å². The first kappa shape index (κ1) is 19.1. The molecule has 146 valence electrons. The van der Waals surface area contributed by atoms with E-state index in [9.17, 15) is 14.4 Å². The molecule has 0 saturated carbocycles. The summed E-state index contributed by atoms with van der Waals surface area (Å²) in [4.78, 5) is 41.0. The molecule has 0 fully saturated rings. The minimum Gasteiger partial charge on any atom is -0.336 e. The quantitative estimate of drug-likeness (QED) is 0.569. The van der Waals surface area contributed by atoms with Crippen molar-refractivity contribution < 1.29 is 14.4 Å². The van der Waals surface area contributed by atoms with Crippen LogP contribution in [0.25, 0.3) is 0 Å². The fraction of sp³-hybridized carbons (Fsp3) is 0.143. The molecule has 3 amide bonds. The number of hydrogen-bond acceptors (Lipinski definition) is 4. The maximum absolute atomic E-state index is 12.9. The second-order valence-electron chi connectivity index (χ2n) is 6.77. The Hall–Kier alpha value is -3.26. The summed E-state index contributed by atoms with van der Waals surface area (Å²) >= 11 is 3.43. The second kappa shape index (κ2) is 7.29. The molecule has 0 saturated heterocycles. The Bertz CT molecular complexity index is 1100. The van der Waals surface area contributed by atoms with Crippen LogP contribution in [0.3, 0.4) is 0 Å². The Morgan fingerprint density at radius 1 is 1.07 bits per heavy atom. The highest BCUT2D eigenvalue weighted by atomic mass is 79.9. The van der Waals surface area contributed by atoms with Gasteiger partial charge < -0.3 is 4.90 Å². The van der Waals surface area contributed by atoms with Gasteiger partial charge in [-0.3, -0.25) is 19.1 Å². The van der Waals surface area contributed by atoms with Gasteiger partial charge in [-0.1, -0.05) is 18.2 Å². The molecular weight excluding hydrogens is 436 g/mol. The third-order valence-corrected chi connectivity index (χ3v) is 5.55. The van der Waals surface area contributed by atoms with Gasteiger partial charge in [0.2, 0.25) is 0 Å². The SMILES string of the molecule is CN(Cc1c(Br)cnn1C)C(=O)c1cccc(N2C(=O)c3ccccc3C2=O)c1. The monoisotopic (exact) mass is 452 g/mol. The van der Waals surface area contributed by atoms with E-state index in [1.54, 1.807) is 78.4 Å². The van der Waals surface area contributed by atoms with Gasteiger partial charge in [-0.25, -0.2) is 4.90 Å². The van der Waals surface area contributed by atoms with Crippen LogP contribution in [0.2, 0.25) is 0 Å². The molecule has 0 aliphatic carbocycles. The van der Waals surface area contributed by atoms with Crippen LogP contribution in [0, 0.1) is 0 Å². The van der Waals surface area contributed by atoms with E-state index in [1.807, 2.05) is 0 Å². The molecule has 2 aromatic carbocycles. The zero-order chi connectivity index (χ0) is 20.7. The summed E-state index contributed by atoms with van der Waals surface area (Å²) in [5, 5.41) is 4.15. The van der Waals surface area contributed by atoms with Crippen molar-refractivity contribution in [3.63, 3.8) is 0 Å². The lowest BCUT2D eigenvalue weighted by Crippen LogP contribution is -2.30. The molecule has 0 bridgehead atoms. The molecule has 1 aliphatic heterocycles. The molecule has 8 heteroatoms. The summed E-state index contributed by atoms with van der Waals surface area (Å²) in [5.74, 6) is -0.999. The highest BCUT2D eigenvalue weighted by molar-refractivity contribution is 9.10. The van der Waals surface area contributed by atoms with Crippen molar-refractivity contribution in [3.05, 3.63) is 81.6 Å². The molecule has 0 N–H and O–H groups in total. The minimum absolute atomic E-state index is 0.225. The predicted octanol–water partition coefficient (Wildman–Crippen LogP) is 3.26. The van der Waals surface area contributed by atoms with Crippen LogP contribution in [-0.4, -0.2) is 39.4 Å². The Kier molecular flexibility index (Phi) is 4.79. The van der Waals surface area contributed by atoms with Crippen molar-refractivity contribution in [2.75, 3.05) is 11.9 Å². The van der Waals surface area contributed by atoms with Gasteiger partial charge in [0.1, 0.15) is 0 Å². The van der Waals surface area contributed by atoms with Crippen LogP contribution >= 0.6 is 15.9 Å². The highest BCUT2D eigenvalue weighted by Gasteiger charge is 2.36. The number of hydrogen-bond donors (Lipinski definition) is 0. The zero-order valence-electron chi connectivity index (χ0n) is 15.8. The number of rotatable bonds is 4. The van der Waals surface area contributed by atoms with Crippen molar-refractivity contribution in [2.24, 2.45) is 7.05 Å². The van der Waals surface area contributed by atoms with E-state index in [0.717, 1.165) is 15.1 Å². The third-order valence-electron chi connectivity index (χ3n) is 4.89. The second-order valence-corrected chi connectivity index (χ2v) is 7.62. The topological polar surface area (TPSA) is 75.5 Å². The first-order chi connectivity index (χ1) is 13.9. The van der Waals surface area contributed by atoms with E-state index in [2.05, 4.69) is 21.0 Å². The number of imide groups is 1. The molecule has 3 aromatic rings. The number of carbonyl (C=O) groups excluding carboxylic acids is 3. The number of halogens is 1. The smallest absolute Gasteiger partial charge is 0.266 e. The Morgan fingerprint density at radius 3 is 2.31 bits per heavy atom. The Balaban J connectivity index is 1.60. The number of nitrogens with zero attached hydrogens (tertiary/aromatic N) is 4. The van der Waals surface area contributed by atoms with E-state index in [4.69, 9.17) is 0 Å². The molecule has 4 rings (SSSR count). The predicted molar refractivity (Wildman–Crippen MR) is 111 cm³/mol. The molecule has 0 radical (unpaired) electrons. The Morgan fingerprint density at radius 2 is 1.72 bits per heavy atom. The largest absolute Gasteiger partial charge is 0.336 e. The first-order valence-electron chi connectivity index (χ1n) is 8.88. The van der Waals surface area contributed by atoms with E-state index in [1.165, 1.54) is 0 Å². The molecule has 2 heterocycles. The van der Waals surface area contributed by atoms with Crippen LogP contribution in [-0.2, 0) is 13.6 Å². The molecule has 29 heavy (non-hydrogen) atoms. The first-order valence-corrected chi connectivity index (χ1v) is 9.67. The number of benzene rings is 2. The molecule has 1 aromatic heterocycles. The fourth-order valence-corrected chi connectivity index (χ4v) is 3.81. The van der Waals surface area contributed by atoms with E-state index in [0.29, 0.717) is 28.9 Å². The molecule has 0 atom stereocenters. The summed E-state index contributed by atoms with van der Waals surface area (Å²) in [7, 11) is 3.50. The maximum atomic E-state index is 12.9. The summed E-state index contributed by atoms with van der Waals surface area (Å²) in [6.45, 7) is 0.354. The zero-order valence-corrected chi connectivity index (χ0v) is 17.4. The lowest BCUT2D eigenvalue weighted by molar-refractivity contribution is 0.0780. The van der Waals surface area contributed by atoms with Crippen molar-refractivity contribution in [2.45, 2.75) is 6.54 Å². The van der Waals surface area contributed by atoms with Gasteiger partial charge in [-0.15, -0.1) is 0 Å². The fourth-order valence-electron chi connectivity index (χ4n) is 3.33. The van der Waals surface area contributed by atoms with Gasteiger partial charge in [0, 0.05) is 19.7 Å². The number of anilines is 1. The summed E-state index contributed by atoms with van der Waals surface area (Å²) in [6.07, 6.45) is 1.68. The van der Waals surface area contributed by atoms with Gasteiger partial charge in [-0.05, 0) is 46.3 Å². The van der Waals surface area contributed by atoms with Crippen LogP contribution in [0.5, 0.6) is 0 Å². The number of amides is 3. The molecule has 0 spiro atoms. The van der Waals surface area contributed by atoms with E-state index >= 15 is 0 Å². The van der Waals surface area contributed by atoms with Crippen molar-refractivity contribution in [1.82, 2.24) is 14.7 Å². The van der Waals surface area contributed by atoms with Gasteiger partial charge in [0.25, 0.3) is 17.7 Å². The normalized spacial score (nSPS) is 13.0. The van der Waals surface area contributed by atoms with E-state index < -0.39 is 0 Å². The average molecular weight is 453 g/mol. The van der Waals surface area contributed by atoms with Crippen molar-refractivity contribution in [1.29, 1.82) is 0 Å². The summed E-state index contributed by atoms with van der Waals surface area (Å²) < 4.78 is 2.52. The van der Waals surface area contributed by atoms with Crippen LogP contribution in [0.4, 0.5) is 5.69 Å². The Labute approximate surface area is 175 Å². The average Bonchev–Trinajstić information content (AvgIpc) is 3.18. The van der Waals surface area contributed by atoms with E-state index in [-0.39, 0.29) is 17.7 Å².